The smallest absolute Gasteiger partial charge is 0.407 e. The number of piperidine rings is 1. The summed E-state index contributed by atoms with van der Waals surface area (Å²) in [5.41, 5.74) is 0.998. The molecule has 1 fully saturated rings. The highest BCUT2D eigenvalue weighted by Gasteiger charge is 2.46. The Morgan fingerprint density at radius 2 is 1.97 bits per heavy atom. The molecule has 176 valence electrons. The standard InChI is InChI=1S/C26H31BrN2O4/c1-25(2,3)23-15-26(17-28,12-13-29(23)24(30)31)14-20-21(27)6-5-7-22(20)33-16-18-8-10-19(32-4)11-9-18/h5-11,23H,12-16H2,1-4H3,(H,30,31). The van der Waals surface area contributed by atoms with Gasteiger partial charge in [0.25, 0.3) is 0 Å². The van der Waals surface area contributed by atoms with Crippen LogP contribution in [0.5, 0.6) is 11.5 Å². The molecule has 0 saturated carbocycles. The zero-order valence-corrected chi connectivity index (χ0v) is 21.2. The van der Waals surface area contributed by atoms with Crippen LogP contribution in [0.4, 0.5) is 4.79 Å². The van der Waals surface area contributed by atoms with Gasteiger partial charge < -0.3 is 19.5 Å². The van der Waals surface area contributed by atoms with Gasteiger partial charge in [0, 0.05) is 22.6 Å². The molecule has 1 aliphatic rings. The van der Waals surface area contributed by atoms with Crippen molar-refractivity contribution >= 4 is 22.0 Å². The van der Waals surface area contributed by atoms with E-state index in [1.165, 1.54) is 4.90 Å². The van der Waals surface area contributed by atoms with Crippen molar-refractivity contribution in [3.63, 3.8) is 0 Å². The largest absolute Gasteiger partial charge is 0.497 e. The van der Waals surface area contributed by atoms with E-state index in [-0.39, 0.29) is 11.5 Å². The number of ether oxygens (including phenoxy) is 2. The van der Waals surface area contributed by atoms with E-state index < -0.39 is 11.5 Å². The van der Waals surface area contributed by atoms with Gasteiger partial charge in [-0.2, -0.15) is 5.26 Å². The highest BCUT2D eigenvalue weighted by atomic mass is 79.9. The van der Waals surface area contributed by atoms with Crippen LogP contribution in [-0.4, -0.2) is 35.8 Å². The summed E-state index contributed by atoms with van der Waals surface area (Å²) in [6.07, 6.45) is 0.536. The highest BCUT2D eigenvalue weighted by molar-refractivity contribution is 9.10. The molecule has 1 aliphatic heterocycles. The van der Waals surface area contributed by atoms with Crippen LogP contribution in [0, 0.1) is 22.2 Å². The van der Waals surface area contributed by atoms with Crippen molar-refractivity contribution in [3.8, 4) is 17.6 Å². The third-order valence-corrected chi connectivity index (χ3v) is 7.16. The fraction of sp³-hybridized carbons (Fsp3) is 0.462. The van der Waals surface area contributed by atoms with Gasteiger partial charge in [-0.05, 0) is 54.5 Å². The Labute approximate surface area is 204 Å². The molecule has 0 aliphatic carbocycles. The lowest BCUT2D eigenvalue weighted by Crippen LogP contribution is -2.54. The zero-order chi connectivity index (χ0) is 24.2. The van der Waals surface area contributed by atoms with Crippen molar-refractivity contribution in [2.45, 2.75) is 52.7 Å². The van der Waals surface area contributed by atoms with Gasteiger partial charge in [0.05, 0.1) is 18.6 Å². The summed E-state index contributed by atoms with van der Waals surface area (Å²) in [7, 11) is 1.63. The molecule has 2 aromatic rings. The SMILES string of the molecule is COc1ccc(COc2cccc(Br)c2CC2(C#N)CCN(C(=O)O)C(C(C)(C)C)C2)cc1. The molecule has 0 aromatic heterocycles. The van der Waals surface area contributed by atoms with Crippen LogP contribution in [0.25, 0.3) is 0 Å². The van der Waals surface area contributed by atoms with E-state index in [2.05, 4.69) is 22.0 Å². The van der Waals surface area contributed by atoms with Gasteiger partial charge in [0.1, 0.15) is 18.1 Å². The Morgan fingerprint density at radius 3 is 2.55 bits per heavy atom. The summed E-state index contributed by atoms with van der Waals surface area (Å²) >= 11 is 3.65. The summed E-state index contributed by atoms with van der Waals surface area (Å²) in [4.78, 5) is 13.3. The fourth-order valence-electron chi connectivity index (χ4n) is 4.44. The first kappa shape index (κ1) is 24.9. The second-order valence-electron chi connectivity index (χ2n) is 9.73. The maximum absolute atomic E-state index is 11.8. The molecule has 33 heavy (non-hydrogen) atoms. The molecule has 2 aromatic carbocycles. The molecule has 0 radical (unpaired) electrons. The fourth-order valence-corrected chi connectivity index (χ4v) is 4.93. The average molecular weight is 515 g/mol. The minimum Gasteiger partial charge on any atom is -0.497 e. The lowest BCUT2D eigenvalue weighted by atomic mass is 9.67. The number of rotatable bonds is 6. The Bertz CT molecular complexity index is 1030. The third-order valence-electron chi connectivity index (χ3n) is 6.42. The third kappa shape index (κ3) is 5.80. The van der Waals surface area contributed by atoms with Crippen LogP contribution in [0.15, 0.2) is 46.9 Å². The quantitative estimate of drug-likeness (QED) is 0.490. The van der Waals surface area contributed by atoms with Gasteiger partial charge in [0.15, 0.2) is 0 Å². The molecular formula is C26H31BrN2O4. The topological polar surface area (TPSA) is 82.8 Å². The van der Waals surface area contributed by atoms with Gasteiger partial charge in [-0.15, -0.1) is 0 Å². The minimum atomic E-state index is -0.925. The van der Waals surface area contributed by atoms with Crippen molar-refractivity contribution in [1.29, 1.82) is 5.26 Å². The highest BCUT2D eigenvalue weighted by Crippen LogP contribution is 2.45. The molecule has 3 rings (SSSR count). The summed E-state index contributed by atoms with van der Waals surface area (Å²) in [5, 5.41) is 20.0. The predicted molar refractivity (Wildman–Crippen MR) is 130 cm³/mol. The van der Waals surface area contributed by atoms with Crippen molar-refractivity contribution in [2.75, 3.05) is 13.7 Å². The van der Waals surface area contributed by atoms with E-state index in [1.807, 2.05) is 63.2 Å². The first-order valence-corrected chi connectivity index (χ1v) is 11.8. The summed E-state index contributed by atoms with van der Waals surface area (Å²) in [5.74, 6) is 1.52. The van der Waals surface area contributed by atoms with Crippen LogP contribution in [-0.2, 0) is 13.0 Å². The predicted octanol–water partition coefficient (Wildman–Crippen LogP) is 6.28. The van der Waals surface area contributed by atoms with Crippen molar-refractivity contribution in [3.05, 3.63) is 58.1 Å². The second kappa shape index (κ2) is 10.0. The van der Waals surface area contributed by atoms with Gasteiger partial charge in [-0.3, -0.25) is 0 Å². The van der Waals surface area contributed by atoms with E-state index >= 15 is 0 Å². The maximum Gasteiger partial charge on any atom is 0.407 e. The lowest BCUT2D eigenvalue weighted by Gasteiger charge is -2.47. The second-order valence-corrected chi connectivity index (χ2v) is 10.6. The molecule has 1 amide bonds. The number of benzene rings is 2. The monoisotopic (exact) mass is 514 g/mol. The molecule has 0 bridgehead atoms. The Morgan fingerprint density at radius 1 is 1.27 bits per heavy atom. The van der Waals surface area contributed by atoms with Gasteiger partial charge >= 0.3 is 6.09 Å². The van der Waals surface area contributed by atoms with Crippen LogP contribution < -0.4 is 9.47 Å². The first-order valence-electron chi connectivity index (χ1n) is 11.0. The van der Waals surface area contributed by atoms with E-state index in [1.54, 1.807) is 7.11 Å². The Balaban J connectivity index is 1.85. The molecule has 6 nitrogen and oxygen atoms in total. The maximum atomic E-state index is 11.8. The molecule has 2 unspecified atom stereocenters. The van der Waals surface area contributed by atoms with E-state index in [4.69, 9.17) is 9.47 Å². The van der Waals surface area contributed by atoms with Crippen molar-refractivity contribution in [1.82, 2.24) is 4.90 Å². The summed E-state index contributed by atoms with van der Waals surface area (Å²) < 4.78 is 12.3. The number of methoxy groups -OCH3 is 1. The van der Waals surface area contributed by atoms with Crippen LogP contribution in [0.3, 0.4) is 0 Å². The number of carbonyl (C=O) groups is 1. The van der Waals surface area contributed by atoms with E-state index in [0.29, 0.717) is 32.4 Å². The summed E-state index contributed by atoms with van der Waals surface area (Å²) in [6, 6.07) is 15.8. The number of halogens is 1. The lowest BCUT2D eigenvalue weighted by molar-refractivity contribution is 0.0225. The number of carboxylic acid groups (broad SMARTS) is 1. The van der Waals surface area contributed by atoms with Crippen molar-refractivity contribution in [2.24, 2.45) is 10.8 Å². The normalized spacial score (nSPS) is 20.7. The Hall–Kier alpha value is -2.72. The van der Waals surface area contributed by atoms with E-state index in [0.717, 1.165) is 27.1 Å². The molecular weight excluding hydrogens is 484 g/mol. The van der Waals surface area contributed by atoms with Gasteiger partial charge in [-0.1, -0.05) is 54.9 Å². The van der Waals surface area contributed by atoms with Gasteiger partial charge in [-0.25, -0.2) is 4.79 Å². The molecule has 0 spiro atoms. The van der Waals surface area contributed by atoms with Crippen LogP contribution >= 0.6 is 15.9 Å². The molecule has 7 heteroatoms. The number of hydrogen-bond donors (Lipinski definition) is 1. The number of nitriles is 1. The molecule has 2 atom stereocenters. The molecule has 1 N–H and O–H groups in total. The molecule has 1 heterocycles. The number of amides is 1. The number of nitrogens with zero attached hydrogens (tertiary/aromatic N) is 2. The number of likely N-dealkylation sites (tertiary alicyclic amines) is 1. The van der Waals surface area contributed by atoms with Crippen LogP contribution in [0.2, 0.25) is 0 Å². The van der Waals surface area contributed by atoms with E-state index in [9.17, 15) is 15.2 Å². The van der Waals surface area contributed by atoms with Gasteiger partial charge in [0.2, 0.25) is 0 Å². The summed E-state index contributed by atoms with van der Waals surface area (Å²) in [6.45, 7) is 6.83. The van der Waals surface area contributed by atoms with Crippen LogP contribution in [0.1, 0.15) is 44.7 Å². The van der Waals surface area contributed by atoms with Crippen molar-refractivity contribution < 1.29 is 19.4 Å². The minimum absolute atomic E-state index is 0.241. The number of hydrogen-bond acceptors (Lipinski definition) is 4. The molecule has 1 saturated heterocycles. The average Bonchev–Trinajstić information content (AvgIpc) is 2.79. The zero-order valence-electron chi connectivity index (χ0n) is 19.6. The Kier molecular flexibility index (Phi) is 7.58. The first-order chi connectivity index (χ1) is 15.6.